The number of rotatable bonds is 7. The number of likely N-dealkylation sites (tertiary alicyclic amines) is 1. The number of ether oxygens (including phenoxy) is 1. The third-order valence-corrected chi connectivity index (χ3v) is 5.48. The van der Waals surface area contributed by atoms with Crippen LogP contribution in [0.15, 0.2) is 76.9 Å². The van der Waals surface area contributed by atoms with E-state index in [1.807, 2.05) is 6.92 Å². The van der Waals surface area contributed by atoms with Crippen molar-refractivity contribution in [3.8, 4) is 5.75 Å². The summed E-state index contributed by atoms with van der Waals surface area (Å²) < 4.78 is 11.0. The highest BCUT2D eigenvalue weighted by atomic mass is 35.5. The first-order valence-corrected chi connectivity index (χ1v) is 10.7. The van der Waals surface area contributed by atoms with Crippen LogP contribution in [0.4, 0.5) is 0 Å². The second-order valence-corrected chi connectivity index (χ2v) is 7.87. The van der Waals surface area contributed by atoms with Crippen molar-refractivity contribution in [2.45, 2.75) is 25.9 Å². The summed E-state index contributed by atoms with van der Waals surface area (Å²) in [5, 5.41) is 11.5. The summed E-state index contributed by atoms with van der Waals surface area (Å²) in [5.41, 5.74) is 1.10. The Labute approximate surface area is 190 Å². The molecule has 7 heteroatoms. The molecule has 1 saturated heterocycles. The molecule has 0 saturated carbocycles. The van der Waals surface area contributed by atoms with Crippen LogP contribution < -0.4 is 4.74 Å². The Kier molecular flexibility index (Phi) is 6.32. The second-order valence-electron chi connectivity index (χ2n) is 7.43. The van der Waals surface area contributed by atoms with Crippen molar-refractivity contribution in [1.29, 1.82) is 0 Å². The van der Waals surface area contributed by atoms with Gasteiger partial charge in [0.05, 0.1) is 31.0 Å². The summed E-state index contributed by atoms with van der Waals surface area (Å²) in [4.78, 5) is 27.4. The summed E-state index contributed by atoms with van der Waals surface area (Å²) in [6, 6.07) is 16.3. The lowest BCUT2D eigenvalue weighted by Crippen LogP contribution is -2.29. The monoisotopic (exact) mass is 451 g/mol. The number of nitrogens with zero attached hydrogens (tertiary/aromatic N) is 1. The first-order chi connectivity index (χ1) is 15.5. The van der Waals surface area contributed by atoms with Gasteiger partial charge in [0, 0.05) is 10.6 Å². The van der Waals surface area contributed by atoms with E-state index in [-0.39, 0.29) is 17.9 Å². The van der Waals surface area contributed by atoms with Gasteiger partial charge in [0.25, 0.3) is 11.7 Å². The third-order valence-electron chi connectivity index (χ3n) is 5.23. The maximum absolute atomic E-state index is 13.0. The maximum atomic E-state index is 13.0. The van der Waals surface area contributed by atoms with Crippen molar-refractivity contribution >= 4 is 29.1 Å². The molecule has 164 valence electrons. The molecule has 1 aliphatic rings. The molecule has 0 radical (unpaired) electrons. The predicted octanol–water partition coefficient (Wildman–Crippen LogP) is 5.34. The Morgan fingerprint density at radius 2 is 1.81 bits per heavy atom. The average Bonchev–Trinajstić information content (AvgIpc) is 3.40. The van der Waals surface area contributed by atoms with Crippen LogP contribution in [0.5, 0.6) is 5.75 Å². The normalized spacial score (nSPS) is 17.7. The first kappa shape index (κ1) is 21.7. The Morgan fingerprint density at radius 1 is 1.09 bits per heavy atom. The number of hydrogen-bond acceptors (Lipinski definition) is 5. The molecule has 2 heterocycles. The van der Waals surface area contributed by atoms with Crippen LogP contribution >= 0.6 is 11.6 Å². The van der Waals surface area contributed by atoms with Gasteiger partial charge in [0.15, 0.2) is 0 Å². The number of halogens is 1. The number of amides is 1. The molecule has 4 rings (SSSR count). The third kappa shape index (κ3) is 4.27. The van der Waals surface area contributed by atoms with Crippen molar-refractivity contribution < 1.29 is 23.8 Å². The minimum Gasteiger partial charge on any atom is -0.507 e. The first-order valence-electron chi connectivity index (χ1n) is 10.3. The molecular weight excluding hydrogens is 430 g/mol. The largest absolute Gasteiger partial charge is 0.507 e. The molecule has 1 N–H and O–H groups in total. The van der Waals surface area contributed by atoms with E-state index in [4.69, 9.17) is 20.8 Å². The predicted molar refractivity (Wildman–Crippen MR) is 120 cm³/mol. The Bertz CT molecular complexity index is 1130. The van der Waals surface area contributed by atoms with Gasteiger partial charge in [-0.1, -0.05) is 30.7 Å². The van der Waals surface area contributed by atoms with Gasteiger partial charge in [-0.3, -0.25) is 9.59 Å². The fourth-order valence-corrected chi connectivity index (χ4v) is 3.82. The van der Waals surface area contributed by atoms with Gasteiger partial charge in [-0.05, 0) is 60.5 Å². The fraction of sp³-hybridized carbons (Fsp3) is 0.200. The lowest BCUT2D eigenvalue weighted by Gasteiger charge is -2.24. The number of aliphatic hydroxyl groups is 1. The molecule has 6 nitrogen and oxygen atoms in total. The standard InChI is InChI=1S/C25H22ClNO5/c1-2-13-31-19-11-7-16(8-12-19)22-21(23(28)17-5-9-18(26)10-6-17)24(29)25(30)27(22)15-20-4-3-14-32-20/h3-12,14,22,28H,2,13,15H2,1H3/b23-21+. The fourth-order valence-electron chi connectivity index (χ4n) is 3.69. The molecule has 1 aromatic heterocycles. The van der Waals surface area contributed by atoms with Crippen LogP contribution in [0, 0.1) is 0 Å². The van der Waals surface area contributed by atoms with Crippen molar-refractivity contribution in [3.05, 3.63) is 94.4 Å². The van der Waals surface area contributed by atoms with Crippen molar-refractivity contribution in [2.24, 2.45) is 0 Å². The number of carbonyl (C=O) groups excluding carboxylic acids is 2. The van der Waals surface area contributed by atoms with Crippen LogP contribution in [-0.2, 0) is 16.1 Å². The van der Waals surface area contributed by atoms with Crippen molar-refractivity contribution in [2.75, 3.05) is 6.61 Å². The quantitative estimate of drug-likeness (QED) is 0.298. The van der Waals surface area contributed by atoms with E-state index >= 15 is 0 Å². The topological polar surface area (TPSA) is 80.0 Å². The van der Waals surface area contributed by atoms with Crippen LogP contribution in [0.25, 0.3) is 5.76 Å². The Morgan fingerprint density at radius 3 is 2.44 bits per heavy atom. The van der Waals surface area contributed by atoms with E-state index in [0.717, 1.165) is 6.42 Å². The molecule has 0 spiro atoms. The molecule has 1 unspecified atom stereocenters. The van der Waals surface area contributed by atoms with Crippen molar-refractivity contribution in [3.63, 3.8) is 0 Å². The van der Waals surface area contributed by atoms with Gasteiger partial charge in [-0.2, -0.15) is 0 Å². The average molecular weight is 452 g/mol. The van der Waals surface area contributed by atoms with E-state index < -0.39 is 17.7 Å². The molecule has 32 heavy (non-hydrogen) atoms. The summed E-state index contributed by atoms with van der Waals surface area (Å²) >= 11 is 5.96. The van der Waals surface area contributed by atoms with Gasteiger partial charge in [-0.25, -0.2) is 0 Å². The molecule has 3 aromatic rings. The number of carbonyl (C=O) groups is 2. The van der Waals surface area contributed by atoms with E-state index in [2.05, 4.69) is 0 Å². The number of hydrogen-bond donors (Lipinski definition) is 1. The molecule has 2 aromatic carbocycles. The number of ketones is 1. The second kappa shape index (κ2) is 9.32. The van der Waals surface area contributed by atoms with E-state index in [9.17, 15) is 14.7 Å². The molecule has 1 fully saturated rings. The Hall–Kier alpha value is -3.51. The van der Waals surface area contributed by atoms with Crippen LogP contribution in [0.2, 0.25) is 5.02 Å². The van der Waals surface area contributed by atoms with Gasteiger partial charge in [0.1, 0.15) is 17.3 Å². The Balaban J connectivity index is 1.79. The van der Waals surface area contributed by atoms with Crippen molar-refractivity contribution in [1.82, 2.24) is 4.90 Å². The lowest BCUT2D eigenvalue weighted by molar-refractivity contribution is -0.140. The highest BCUT2D eigenvalue weighted by Crippen LogP contribution is 2.40. The zero-order valence-corrected chi connectivity index (χ0v) is 18.2. The molecule has 0 bridgehead atoms. The summed E-state index contributed by atoms with van der Waals surface area (Å²) in [6.07, 6.45) is 2.39. The molecule has 1 amide bonds. The van der Waals surface area contributed by atoms with Crippen LogP contribution in [-0.4, -0.2) is 28.3 Å². The summed E-state index contributed by atoms with van der Waals surface area (Å²) in [7, 11) is 0. The highest BCUT2D eigenvalue weighted by Gasteiger charge is 2.46. The number of benzene rings is 2. The smallest absolute Gasteiger partial charge is 0.296 e. The van der Waals surface area contributed by atoms with Crippen LogP contribution in [0.3, 0.4) is 0 Å². The molecule has 0 aliphatic carbocycles. The SMILES string of the molecule is CCCOc1ccc(C2/C(=C(\O)c3ccc(Cl)cc3)C(=O)C(=O)N2Cc2ccco2)cc1. The van der Waals surface area contributed by atoms with E-state index in [1.54, 1.807) is 60.7 Å². The van der Waals surface area contributed by atoms with Gasteiger partial charge in [-0.15, -0.1) is 0 Å². The zero-order valence-electron chi connectivity index (χ0n) is 17.5. The minimum absolute atomic E-state index is 0.0195. The molecule has 1 atom stereocenters. The lowest BCUT2D eigenvalue weighted by atomic mass is 9.95. The summed E-state index contributed by atoms with van der Waals surface area (Å²) in [5.74, 6) is -0.477. The summed E-state index contributed by atoms with van der Waals surface area (Å²) in [6.45, 7) is 2.70. The highest BCUT2D eigenvalue weighted by molar-refractivity contribution is 6.46. The number of furan rings is 1. The number of Topliss-reactive ketones (excluding diaryl/α,β-unsaturated/α-hetero) is 1. The van der Waals surface area contributed by atoms with Gasteiger partial charge < -0.3 is 19.2 Å². The molecule has 1 aliphatic heterocycles. The van der Waals surface area contributed by atoms with Gasteiger partial charge in [0.2, 0.25) is 0 Å². The van der Waals surface area contributed by atoms with Gasteiger partial charge >= 0.3 is 0 Å². The minimum atomic E-state index is -0.781. The maximum Gasteiger partial charge on any atom is 0.296 e. The van der Waals surface area contributed by atoms with E-state index in [1.165, 1.54) is 11.2 Å². The van der Waals surface area contributed by atoms with E-state index in [0.29, 0.717) is 34.3 Å². The molecular formula is C25H22ClNO5. The number of aliphatic hydroxyl groups excluding tert-OH is 1. The zero-order chi connectivity index (χ0) is 22.7. The van der Waals surface area contributed by atoms with Crippen LogP contribution in [0.1, 0.15) is 36.3 Å².